The van der Waals surface area contributed by atoms with E-state index in [2.05, 4.69) is 32.4 Å². The molecule has 0 spiro atoms. The van der Waals surface area contributed by atoms with Crippen LogP contribution in [0.1, 0.15) is 32.1 Å². The van der Waals surface area contributed by atoms with E-state index < -0.39 is 0 Å². The molecule has 0 aliphatic rings. The maximum absolute atomic E-state index is 14.6. The summed E-state index contributed by atoms with van der Waals surface area (Å²) in [5, 5.41) is 4.75. The second kappa shape index (κ2) is 12.2. The minimum atomic E-state index is -0.376. The smallest absolute Gasteiger partial charge is 0.137 e. The van der Waals surface area contributed by atoms with Gasteiger partial charge in [0.1, 0.15) is 24.2 Å². The molecule has 4 rings (SSSR count). The van der Waals surface area contributed by atoms with Gasteiger partial charge >= 0.3 is 0 Å². The van der Waals surface area contributed by atoms with E-state index in [0.29, 0.717) is 22.7 Å². The van der Waals surface area contributed by atoms with Gasteiger partial charge in [-0.25, -0.2) is 14.4 Å². The third kappa shape index (κ3) is 6.28. The number of allylic oxidation sites excluding steroid dienone is 2. The summed E-state index contributed by atoms with van der Waals surface area (Å²) in [5.41, 5.74) is 3.38. The number of halogens is 2. The highest BCUT2D eigenvalue weighted by Crippen LogP contribution is 2.35. The molecule has 0 unspecified atom stereocenters. The Hall–Kier alpha value is -3.64. The van der Waals surface area contributed by atoms with Crippen LogP contribution in [0.2, 0.25) is 5.02 Å². The van der Waals surface area contributed by atoms with Gasteiger partial charge in [0.2, 0.25) is 0 Å². The predicted molar refractivity (Wildman–Crippen MR) is 140 cm³/mol. The van der Waals surface area contributed by atoms with Crippen LogP contribution in [0.4, 0.5) is 10.2 Å². The summed E-state index contributed by atoms with van der Waals surface area (Å²) < 4.78 is 14.6. The SMILES string of the molecule is O=CCCC/C=C/CCCNc1ncnc2ccc(-c3cccnc3-c3cc(Cl)ccc3F)cc12. The van der Waals surface area contributed by atoms with E-state index >= 15 is 0 Å². The van der Waals surface area contributed by atoms with E-state index in [1.54, 1.807) is 18.6 Å². The molecule has 0 saturated heterocycles. The molecule has 0 aliphatic heterocycles. The number of nitrogens with zero attached hydrogens (tertiary/aromatic N) is 3. The van der Waals surface area contributed by atoms with Crippen molar-refractivity contribution in [2.75, 3.05) is 11.9 Å². The Labute approximate surface area is 209 Å². The highest BCUT2D eigenvalue weighted by atomic mass is 35.5. The van der Waals surface area contributed by atoms with Gasteiger partial charge in [-0.1, -0.05) is 35.9 Å². The molecule has 1 N–H and O–H groups in total. The summed E-state index contributed by atoms with van der Waals surface area (Å²) in [4.78, 5) is 23.7. The molecule has 178 valence electrons. The fourth-order valence-electron chi connectivity index (χ4n) is 3.88. The number of carbonyl (C=O) groups is 1. The quantitative estimate of drug-likeness (QED) is 0.136. The topological polar surface area (TPSA) is 67.8 Å². The number of rotatable bonds is 11. The third-order valence-electron chi connectivity index (χ3n) is 5.64. The minimum absolute atomic E-state index is 0.357. The van der Waals surface area contributed by atoms with Crippen molar-refractivity contribution in [1.29, 1.82) is 0 Å². The number of hydrogen-bond acceptors (Lipinski definition) is 5. The largest absolute Gasteiger partial charge is 0.369 e. The Morgan fingerprint density at radius 1 is 0.914 bits per heavy atom. The Bertz CT molecular complexity index is 1340. The van der Waals surface area contributed by atoms with Crippen LogP contribution in [0.25, 0.3) is 33.3 Å². The lowest BCUT2D eigenvalue weighted by atomic mass is 9.98. The first-order chi connectivity index (χ1) is 17.2. The molecule has 2 aromatic heterocycles. The third-order valence-corrected chi connectivity index (χ3v) is 5.87. The van der Waals surface area contributed by atoms with Crippen LogP contribution >= 0.6 is 11.6 Å². The summed E-state index contributed by atoms with van der Waals surface area (Å²) >= 11 is 6.14. The zero-order valence-electron chi connectivity index (χ0n) is 19.3. The molecule has 35 heavy (non-hydrogen) atoms. The summed E-state index contributed by atoms with van der Waals surface area (Å²) in [7, 11) is 0. The highest BCUT2D eigenvalue weighted by molar-refractivity contribution is 6.30. The van der Waals surface area contributed by atoms with Gasteiger partial charge in [0.05, 0.1) is 11.2 Å². The van der Waals surface area contributed by atoms with Crippen molar-refractivity contribution in [3.05, 3.63) is 84.0 Å². The van der Waals surface area contributed by atoms with Crippen LogP contribution < -0.4 is 5.32 Å². The van der Waals surface area contributed by atoms with Gasteiger partial charge in [-0.2, -0.15) is 0 Å². The fourth-order valence-corrected chi connectivity index (χ4v) is 4.05. The van der Waals surface area contributed by atoms with Crippen molar-refractivity contribution in [3.63, 3.8) is 0 Å². The van der Waals surface area contributed by atoms with Crippen LogP contribution in [-0.4, -0.2) is 27.8 Å². The van der Waals surface area contributed by atoms with E-state index in [0.717, 1.165) is 66.4 Å². The average molecular weight is 489 g/mol. The molecule has 5 nitrogen and oxygen atoms in total. The maximum Gasteiger partial charge on any atom is 0.137 e. The predicted octanol–water partition coefficient (Wildman–Crippen LogP) is 7.27. The molecule has 2 aromatic carbocycles. The van der Waals surface area contributed by atoms with E-state index in [9.17, 15) is 9.18 Å². The zero-order valence-corrected chi connectivity index (χ0v) is 20.0. The van der Waals surface area contributed by atoms with Gasteiger partial charge in [0.25, 0.3) is 0 Å². The number of fused-ring (bicyclic) bond motifs is 1. The lowest BCUT2D eigenvalue weighted by molar-refractivity contribution is -0.107. The normalized spacial score (nSPS) is 11.3. The molecular formula is C28H26ClFN4O. The molecule has 0 atom stereocenters. The summed E-state index contributed by atoms with van der Waals surface area (Å²) in [6.45, 7) is 0.765. The van der Waals surface area contributed by atoms with E-state index in [1.807, 2.05) is 30.3 Å². The monoisotopic (exact) mass is 488 g/mol. The van der Waals surface area contributed by atoms with Crippen molar-refractivity contribution in [2.45, 2.75) is 32.1 Å². The molecule has 4 aromatic rings. The number of benzene rings is 2. The number of anilines is 1. The van der Waals surface area contributed by atoms with Crippen molar-refractivity contribution < 1.29 is 9.18 Å². The Morgan fingerprint density at radius 2 is 1.77 bits per heavy atom. The number of carbonyl (C=O) groups excluding carboxylic acids is 1. The zero-order chi connectivity index (χ0) is 24.5. The highest BCUT2D eigenvalue weighted by Gasteiger charge is 2.14. The number of hydrogen-bond donors (Lipinski definition) is 1. The summed E-state index contributed by atoms with van der Waals surface area (Å²) in [5.74, 6) is 0.379. The van der Waals surface area contributed by atoms with Crippen LogP contribution in [-0.2, 0) is 4.79 Å². The van der Waals surface area contributed by atoms with Crippen LogP contribution in [0.5, 0.6) is 0 Å². The lowest BCUT2D eigenvalue weighted by Gasteiger charge is -2.12. The standard InChI is InChI=1S/C28H26ClFN4O/c29-21-11-12-25(30)23(18-21)27-22(9-8-15-31-27)20-10-13-26-24(17-20)28(34-19-33-26)32-14-6-4-2-1-3-5-7-16-35/h1-2,8-13,15-19H,3-7,14H2,(H,32,33,34)/b2-1+. The minimum Gasteiger partial charge on any atom is -0.369 e. The van der Waals surface area contributed by atoms with Gasteiger partial charge in [0, 0.05) is 40.7 Å². The Balaban J connectivity index is 1.54. The van der Waals surface area contributed by atoms with Crippen LogP contribution in [0, 0.1) is 5.82 Å². The molecule has 0 fully saturated rings. The van der Waals surface area contributed by atoms with Crippen LogP contribution in [0.15, 0.2) is 73.2 Å². The van der Waals surface area contributed by atoms with Crippen molar-refractivity contribution in [1.82, 2.24) is 15.0 Å². The average Bonchev–Trinajstić information content (AvgIpc) is 2.89. The second-order valence-corrected chi connectivity index (χ2v) is 8.55. The van der Waals surface area contributed by atoms with Crippen LogP contribution in [0.3, 0.4) is 0 Å². The lowest BCUT2D eigenvalue weighted by Crippen LogP contribution is -2.04. The van der Waals surface area contributed by atoms with Crippen molar-refractivity contribution in [2.24, 2.45) is 0 Å². The number of nitrogens with one attached hydrogen (secondary N) is 1. The first kappa shape index (κ1) is 24.5. The summed E-state index contributed by atoms with van der Waals surface area (Å²) in [6.07, 6.45) is 12.8. The number of aldehydes is 1. The summed E-state index contributed by atoms with van der Waals surface area (Å²) in [6, 6.07) is 14.1. The molecular weight excluding hydrogens is 463 g/mol. The number of aromatic nitrogens is 3. The van der Waals surface area contributed by atoms with E-state index in [1.165, 1.54) is 12.1 Å². The molecule has 0 radical (unpaired) electrons. The fraction of sp³-hybridized carbons (Fsp3) is 0.214. The first-order valence-corrected chi connectivity index (χ1v) is 12.0. The Morgan fingerprint density at radius 3 is 2.63 bits per heavy atom. The number of pyridine rings is 1. The first-order valence-electron chi connectivity index (χ1n) is 11.7. The van der Waals surface area contributed by atoms with E-state index in [4.69, 9.17) is 11.6 Å². The molecule has 0 saturated carbocycles. The molecule has 7 heteroatoms. The van der Waals surface area contributed by atoms with Gasteiger partial charge in [-0.15, -0.1) is 0 Å². The molecule has 0 amide bonds. The van der Waals surface area contributed by atoms with Crippen molar-refractivity contribution >= 4 is 34.6 Å². The number of unbranched alkanes of at least 4 members (excludes halogenated alkanes) is 3. The molecule has 0 aliphatic carbocycles. The van der Waals surface area contributed by atoms with Gasteiger partial charge in [-0.3, -0.25) is 4.98 Å². The van der Waals surface area contributed by atoms with Crippen molar-refractivity contribution in [3.8, 4) is 22.4 Å². The maximum atomic E-state index is 14.6. The van der Waals surface area contributed by atoms with Gasteiger partial charge in [0.15, 0.2) is 0 Å². The molecule has 0 bridgehead atoms. The van der Waals surface area contributed by atoms with Gasteiger partial charge < -0.3 is 10.1 Å². The molecule has 2 heterocycles. The second-order valence-electron chi connectivity index (χ2n) is 8.12. The van der Waals surface area contributed by atoms with Gasteiger partial charge in [-0.05, 0) is 67.6 Å². The Kier molecular flexibility index (Phi) is 8.52. The van der Waals surface area contributed by atoms with E-state index in [-0.39, 0.29) is 5.82 Å².